The van der Waals surface area contributed by atoms with Crippen molar-refractivity contribution >= 4 is 12.2 Å². The number of urea groups is 1. The molecule has 0 radical (unpaired) electrons. The smallest absolute Gasteiger partial charge is 0.325 e. The van der Waals surface area contributed by atoms with Gasteiger partial charge in [-0.15, -0.1) is 0 Å². The molecule has 1 aliphatic heterocycles. The van der Waals surface area contributed by atoms with Gasteiger partial charge < -0.3 is 4.90 Å². The third-order valence-electron chi connectivity index (χ3n) is 1.33. The molecule has 0 fully saturated rings. The van der Waals surface area contributed by atoms with Gasteiger partial charge in [0.25, 0.3) is 0 Å². The largest absolute Gasteiger partial charge is 0.342 e. The Labute approximate surface area is 54.4 Å². The lowest BCUT2D eigenvalue weighted by atomic mass is 10.2. The third kappa shape index (κ3) is 1.28. The van der Waals surface area contributed by atoms with E-state index in [-0.39, 0.29) is 6.03 Å². The molecule has 0 aliphatic carbocycles. The zero-order valence-corrected chi connectivity index (χ0v) is 5.66. The van der Waals surface area contributed by atoms with Crippen LogP contribution in [-0.4, -0.2) is 30.7 Å². The maximum absolute atomic E-state index is 10.7. The maximum atomic E-state index is 10.7. The molecule has 0 aromatic rings. The standard InChI is InChI=1S/C6H10N2O/c1-5-3-7-6(9)8(2)4-5/h3,5H,4H2,1-2H3. The molecule has 1 rings (SSSR count). The van der Waals surface area contributed by atoms with Crippen LogP contribution in [0.15, 0.2) is 4.99 Å². The number of rotatable bonds is 0. The molecule has 9 heavy (non-hydrogen) atoms. The van der Waals surface area contributed by atoms with Crippen LogP contribution in [0.1, 0.15) is 6.92 Å². The molecule has 3 nitrogen and oxygen atoms in total. The first-order valence-electron chi connectivity index (χ1n) is 2.99. The summed E-state index contributed by atoms with van der Waals surface area (Å²) in [6.45, 7) is 2.83. The van der Waals surface area contributed by atoms with E-state index >= 15 is 0 Å². The van der Waals surface area contributed by atoms with Gasteiger partial charge >= 0.3 is 6.03 Å². The van der Waals surface area contributed by atoms with Gasteiger partial charge in [-0.05, 0) is 0 Å². The second-order valence-electron chi connectivity index (χ2n) is 2.42. The van der Waals surface area contributed by atoms with Crippen molar-refractivity contribution in [2.24, 2.45) is 10.9 Å². The van der Waals surface area contributed by atoms with E-state index in [0.717, 1.165) is 6.54 Å². The van der Waals surface area contributed by atoms with E-state index in [1.54, 1.807) is 18.2 Å². The fourth-order valence-electron chi connectivity index (χ4n) is 0.847. The minimum atomic E-state index is -0.131. The summed E-state index contributed by atoms with van der Waals surface area (Å²) in [6.07, 6.45) is 1.70. The van der Waals surface area contributed by atoms with Crippen molar-refractivity contribution in [2.45, 2.75) is 6.92 Å². The van der Waals surface area contributed by atoms with Crippen LogP contribution < -0.4 is 0 Å². The zero-order chi connectivity index (χ0) is 6.85. The third-order valence-corrected chi connectivity index (χ3v) is 1.33. The summed E-state index contributed by atoms with van der Waals surface area (Å²) in [7, 11) is 1.76. The fraction of sp³-hybridized carbons (Fsp3) is 0.667. The average Bonchev–Trinajstić information content (AvgIpc) is 1.80. The molecule has 0 bridgehead atoms. The molecule has 3 heteroatoms. The lowest BCUT2D eigenvalue weighted by Gasteiger charge is -2.20. The predicted molar refractivity (Wildman–Crippen MR) is 35.7 cm³/mol. The zero-order valence-electron chi connectivity index (χ0n) is 5.66. The Morgan fingerprint density at radius 2 is 2.56 bits per heavy atom. The Balaban J connectivity index is 2.65. The molecule has 0 aromatic carbocycles. The van der Waals surface area contributed by atoms with E-state index in [2.05, 4.69) is 4.99 Å². The lowest BCUT2D eigenvalue weighted by Crippen LogP contribution is -2.33. The highest BCUT2D eigenvalue weighted by Crippen LogP contribution is 2.02. The number of nitrogens with zero attached hydrogens (tertiary/aromatic N) is 2. The van der Waals surface area contributed by atoms with Gasteiger partial charge in [-0.2, -0.15) is 0 Å². The highest BCUT2D eigenvalue weighted by molar-refractivity contribution is 5.86. The van der Waals surface area contributed by atoms with Crippen molar-refractivity contribution in [3.05, 3.63) is 0 Å². The molecule has 0 spiro atoms. The van der Waals surface area contributed by atoms with Crippen LogP contribution in [0, 0.1) is 5.92 Å². The van der Waals surface area contributed by atoms with Crippen molar-refractivity contribution in [3.63, 3.8) is 0 Å². The number of carbonyl (C=O) groups is 1. The van der Waals surface area contributed by atoms with Crippen molar-refractivity contribution in [1.29, 1.82) is 0 Å². The second kappa shape index (κ2) is 2.17. The van der Waals surface area contributed by atoms with E-state index in [1.165, 1.54) is 0 Å². The lowest BCUT2D eigenvalue weighted by molar-refractivity contribution is 0.213. The molecular formula is C6H10N2O. The summed E-state index contributed by atoms with van der Waals surface area (Å²) >= 11 is 0. The number of carbonyl (C=O) groups excluding carboxylic acids is 1. The van der Waals surface area contributed by atoms with Crippen molar-refractivity contribution in [1.82, 2.24) is 4.90 Å². The summed E-state index contributed by atoms with van der Waals surface area (Å²) < 4.78 is 0. The highest BCUT2D eigenvalue weighted by atomic mass is 16.2. The number of aliphatic imine (C=N–C) groups is 1. The number of hydrogen-bond acceptors (Lipinski definition) is 1. The summed E-state index contributed by atoms with van der Waals surface area (Å²) in [5.74, 6) is 0.410. The molecule has 1 aliphatic rings. The van der Waals surface area contributed by atoms with Gasteiger partial charge in [-0.1, -0.05) is 6.92 Å². The summed E-state index contributed by atoms with van der Waals surface area (Å²) in [5.41, 5.74) is 0. The van der Waals surface area contributed by atoms with Gasteiger partial charge in [0.1, 0.15) is 0 Å². The Morgan fingerprint density at radius 3 is 3.00 bits per heavy atom. The molecule has 0 saturated heterocycles. The van der Waals surface area contributed by atoms with Crippen LogP contribution in [0.25, 0.3) is 0 Å². The van der Waals surface area contributed by atoms with Crippen molar-refractivity contribution < 1.29 is 4.79 Å². The quantitative estimate of drug-likeness (QED) is 0.471. The molecule has 0 N–H and O–H groups in total. The van der Waals surface area contributed by atoms with Crippen LogP contribution in [0.3, 0.4) is 0 Å². The van der Waals surface area contributed by atoms with E-state index in [1.807, 2.05) is 6.92 Å². The van der Waals surface area contributed by atoms with Gasteiger partial charge in [0.05, 0.1) is 0 Å². The summed E-state index contributed by atoms with van der Waals surface area (Å²) in [5, 5.41) is 0. The number of hydrogen-bond donors (Lipinski definition) is 0. The van der Waals surface area contributed by atoms with Gasteiger partial charge in [-0.3, -0.25) is 0 Å². The molecule has 50 valence electrons. The monoisotopic (exact) mass is 126 g/mol. The average molecular weight is 126 g/mol. The first-order chi connectivity index (χ1) is 4.20. The first kappa shape index (κ1) is 6.26. The van der Waals surface area contributed by atoms with Crippen LogP contribution in [0.4, 0.5) is 4.79 Å². The predicted octanol–water partition coefficient (Wildman–Crippen LogP) is 0.759. The fourth-order valence-corrected chi connectivity index (χ4v) is 0.847. The van der Waals surface area contributed by atoms with Gasteiger partial charge in [0.15, 0.2) is 0 Å². The summed E-state index contributed by atoms with van der Waals surface area (Å²) in [4.78, 5) is 15.9. The van der Waals surface area contributed by atoms with Gasteiger partial charge in [0.2, 0.25) is 0 Å². The maximum Gasteiger partial charge on any atom is 0.342 e. The van der Waals surface area contributed by atoms with Gasteiger partial charge in [0, 0.05) is 25.7 Å². The highest BCUT2D eigenvalue weighted by Gasteiger charge is 2.14. The Morgan fingerprint density at radius 1 is 1.89 bits per heavy atom. The van der Waals surface area contributed by atoms with Crippen LogP contribution >= 0.6 is 0 Å². The number of amides is 2. The minimum absolute atomic E-state index is 0.131. The van der Waals surface area contributed by atoms with Crippen LogP contribution in [-0.2, 0) is 0 Å². The topological polar surface area (TPSA) is 32.7 Å². The van der Waals surface area contributed by atoms with Gasteiger partial charge in [-0.25, -0.2) is 9.79 Å². The Bertz CT molecular complexity index is 153. The Kier molecular flexibility index (Phi) is 1.51. The molecule has 2 amide bonds. The SMILES string of the molecule is CC1C=NC(=O)N(C)C1. The molecular weight excluding hydrogens is 116 g/mol. The van der Waals surface area contributed by atoms with Crippen LogP contribution in [0.2, 0.25) is 0 Å². The second-order valence-corrected chi connectivity index (χ2v) is 2.42. The summed E-state index contributed by atoms with van der Waals surface area (Å²) in [6, 6.07) is -0.131. The van der Waals surface area contributed by atoms with E-state index in [4.69, 9.17) is 0 Å². The minimum Gasteiger partial charge on any atom is -0.325 e. The molecule has 1 atom stereocenters. The van der Waals surface area contributed by atoms with E-state index < -0.39 is 0 Å². The molecule has 0 aromatic heterocycles. The van der Waals surface area contributed by atoms with Crippen molar-refractivity contribution in [3.8, 4) is 0 Å². The normalized spacial score (nSPS) is 27.1. The van der Waals surface area contributed by atoms with E-state index in [0.29, 0.717) is 5.92 Å². The molecule has 0 saturated carbocycles. The van der Waals surface area contributed by atoms with E-state index in [9.17, 15) is 4.79 Å². The van der Waals surface area contributed by atoms with Crippen LogP contribution in [0.5, 0.6) is 0 Å². The van der Waals surface area contributed by atoms with Crippen molar-refractivity contribution in [2.75, 3.05) is 13.6 Å². The molecule has 1 unspecified atom stereocenters. The Hall–Kier alpha value is -0.860. The first-order valence-corrected chi connectivity index (χ1v) is 2.99. The molecule has 1 heterocycles.